The standard InChI is InChI=1S/C13H8BrClFNO3/c14-9-2-1-8(11(15)5-9)7-20-13-4-3-10(16)6-12(13)17(18)19/h1-6H,7H2. The van der Waals surface area contributed by atoms with Crippen LogP contribution in [0.5, 0.6) is 5.75 Å². The Morgan fingerprint density at radius 3 is 2.70 bits per heavy atom. The molecule has 2 aromatic carbocycles. The molecule has 0 atom stereocenters. The Bertz CT molecular complexity index is 666. The summed E-state index contributed by atoms with van der Waals surface area (Å²) in [5.41, 5.74) is 0.256. The molecule has 2 aromatic rings. The first-order chi connectivity index (χ1) is 9.47. The van der Waals surface area contributed by atoms with Crippen LogP contribution in [0.4, 0.5) is 10.1 Å². The maximum atomic E-state index is 13.0. The molecule has 0 aliphatic rings. The molecule has 7 heteroatoms. The first-order valence-corrected chi connectivity index (χ1v) is 6.65. The molecule has 0 fully saturated rings. The normalized spacial score (nSPS) is 10.3. The number of nitro groups is 1. The van der Waals surface area contributed by atoms with E-state index in [-0.39, 0.29) is 12.4 Å². The van der Waals surface area contributed by atoms with Crippen LogP contribution in [0, 0.1) is 15.9 Å². The van der Waals surface area contributed by atoms with Crippen molar-refractivity contribution in [2.24, 2.45) is 0 Å². The summed E-state index contributed by atoms with van der Waals surface area (Å²) in [6.45, 7) is 0.0542. The lowest BCUT2D eigenvalue weighted by Crippen LogP contribution is -2.00. The molecule has 0 saturated carbocycles. The second-order valence-corrected chi connectivity index (χ2v) is 5.22. The van der Waals surface area contributed by atoms with Crippen molar-refractivity contribution in [1.82, 2.24) is 0 Å². The highest BCUT2D eigenvalue weighted by atomic mass is 79.9. The van der Waals surface area contributed by atoms with Gasteiger partial charge in [-0.25, -0.2) is 4.39 Å². The van der Waals surface area contributed by atoms with E-state index in [2.05, 4.69) is 15.9 Å². The third-order valence-corrected chi connectivity index (χ3v) is 3.36. The van der Waals surface area contributed by atoms with Crippen molar-refractivity contribution >= 4 is 33.2 Å². The highest BCUT2D eigenvalue weighted by Crippen LogP contribution is 2.29. The van der Waals surface area contributed by atoms with Gasteiger partial charge in [0.2, 0.25) is 0 Å². The monoisotopic (exact) mass is 359 g/mol. The van der Waals surface area contributed by atoms with Crippen molar-refractivity contribution in [2.75, 3.05) is 0 Å². The number of nitro benzene ring substituents is 1. The predicted molar refractivity (Wildman–Crippen MR) is 76.5 cm³/mol. The van der Waals surface area contributed by atoms with Gasteiger partial charge in [0, 0.05) is 15.1 Å². The first kappa shape index (κ1) is 14.7. The van der Waals surface area contributed by atoms with Crippen molar-refractivity contribution in [3.63, 3.8) is 0 Å². The molecule has 0 amide bonds. The summed E-state index contributed by atoms with van der Waals surface area (Å²) in [6.07, 6.45) is 0. The van der Waals surface area contributed by atoms with E-state index < -0.39 is 16.4 Å². The summed E-state index contributed by atoms with van der Waals surface area (Å²) in [7, 11) is 0. The summed E-state index contributed by atoms with van der Waals surface area (Å²) in [5, 5.41) is 11.3. The van der Waals surface area contributed by atoms with Gasteiger partial charge in [-0.15, -0.1) is 0 Å². The third kappa shape index (κ3) is 3.46. The molecule has 0 heterocycles. The van der Waals surface area contributed by atoms with E-state index in [9.17, 15) is 14.5 Å². The molecule has 0 saturated heterocycles. The molecule has 104 valence electrons. The molecule has 0 radical (unpaired) electrons. The van der Waals surface area contributed by atoms with Gasteiger partial charge < -0.3 is 4.74 Å². The van der Waals surface area contributed by atoms with Gasteiger partial charge in [0.1, 0.15) is 12.4 Å². The zero-order valence-electron chi connectivity index (χ0n) is 9.98. The van der Waals surface area contributed by atoms with Crippen LogP contribution >= 0.6 is 27.5 Å². The van der Waals surface area contributed by atoms with Crippen molar-refractivity contribution in [2.45, 2.75) is 6.61 Å². The van der Waals surface area contributed by atoms with Gasteiger partial charge in [-0.2, -0.15) is 0 Å². The summed E-state index contributed by atoms with van der Waals surface area (Å²) in [6, 6.07) is 8.36. The average Bonchev–Trinajstić information content (AvgIpc) is 2.38. The zero-order chi connectivity index (χ0) is 14.7. The van der Waals surface area contributed by atoms with Gasteiger partial charge in [-0.1, -0.05) is 33.6 Å². The molecule has 0 aliphatic carbocycles. The van der Waals surface area contributed by atoms with Crippen molar-refractivity contribution in [3.8, 4) is 5.75 Å². The van der Waals surface area contributed by atoms with Crippen LogP contribution in [0.15, 0.2) is 40.9 Å². The van der Waals surface area contributed by atoms with Crippen LogP contribution < -0.4 is 4.74 Å². The molecule has 4 nitrogen and oxygen atoms in total. The van der Waals surface area contributed by atoms with Crippen LogP contribution in [0.3, 0.4) is 0 Å². The van der Waals surface area contributed by atoms with E-state index >= 15 is 0 Å². The maximum absolute atomic E-state index is 13.0. The quantitative estimate of drug-likeness (QED) is 0.585. The molecule has 0 aliphatic heterocycles. The minimum absolute atomic E-state index is 0.00427. The Labute approximate surface area is 127 Å². The number of hydrogen-bond donors (Lipinski definition) is 0. The molecular formula is C13H8BrClFNO3. The fraction of sp³-hybridized carbons (Fsp3) is 0.0769. The molecule has 0 unspecified atom stereocenters. The van der Waals surface area contributed by atoms with Crippen molar-refractivity contribution < 1.29 is 14.1 Å². The van der Waals surface area contributed by atoms with Crippen LogP contribution in [-0.2, 0) is 6.61 Å². The average molecular weight is 361 g/mol. The lowest BCUT2D eigenvalue weighted by Gasteiger charge is -2.08. The number of halogens is 3. The Morgan fingerprint density at radius 2 is 2.05 bits per heavy atom. The fourth-order valence-corrected chi connectivity index (χ4v) is 2.28. The van der Waals surface area contributed by atoms with Gasteiger partial charge in [0.05, 0.1) is 11.0 Å². The topological polar surface area (TPSA) is 52.4 Å². The Balaban J connectivity index is 2.20. The van der Waals surface area contributed by atoms with E-state index in [1.54, 1.807) is 18.2 Å². The van der Waals surface area contributed by atoms with Gasteiger partial charge in [0.25, 0.3) is 0 Å². The Kier molecular flexibility index (Phi) is 4.57. The van der Waals surface area contributed by atoms with Crippen LogP contribution in [0.25, 0.3) is 0 Å². The third-order valence-electron chi connectivity index (χ3n) is 2.52. The van der Waals surface area contributed by atoms with E-state index in [1.807, 2.05) is 0 Å². The smallest absolute Gasteiger partial charge is 0.313 e. The molecule has 0 aromatic heterocycles. The molecule has 0 spiro atoms. The Morgan fingerprint density at radius 1 is 1.30 bits per heavy atom. The molecule has 0 bridgehead atoms. The van der Waals surface area contributed by atoms with Gasteiger partial charge in [0.15, 0.2) is 5.75 Å². The number of nitrogens with zero attached hydrogens (tertiary/aromatic N) is 1. The van der Waals surface area contributed by atoms with Gasteiger partial charge in [-0.05, 0) is 24.3 Å². The number of ether oxygens (including phenoxy) is 1. The van der Waals surface area contributed by atoms with Crippen LogP contribution in [-0.4, -0.2) is 4.92 Å². The Hall–Kier alpha value is -1.66. The van der Waals surface area contributed by atoms with E-state index in [4.69, 9.17) is 16.3 Å². The van der Waals surface area contributed by atoms with Crippen molar-refractivity contribution in [3.05, 3.63) is 67.4 Å². The summed E-state index contributed by atoms with van der Waals surface area (Å²) in [4.78, 5) is 10.1. The summed E-state index contributed by atoms with van der Waals surface area (Å²) in [5.74, 6) is -0.693. The second kappa shape index (κ2) is 6.19. The molecule has 0 N–H and O–H groups in total. The molecule has 2 rings (SSSR count). The maximum Gasteiger partial charge on any atom is 0.313 e. The second-order valence-electron chi connectivity index (χ2n) is 3.89. The van der Waals surface area contributed by atoms with E-state index in [0.717, 1.165) is 16.6 Å². The SMILES string of the molecule is O=[N+]([O-])c1cc(F)ccc1OCc1ccc(Br)cc1Cl. The lowest BCUT2D eigenvalue weighted by atomic mass is 10.2. The summed E-state index contributed by atoms with van der Waals surface area (Å²) >= 11 is 9.29. The predicted octanol–water partition coefficient (Wildman–Crippen LogP) is 4.73. The lowest BCUT2D eigenvalue weighted by molar-refractivity contribution is -0.386. The number of rotatable bonds is 4. The van der Waals surface area contributed by atoms with E-state index in [0.29, 0.717) is 10.6 Å². The minimum Gasteiger partial charge on any atom is -0.482 e. The van der Waals surface area contributed by atoms with Crippen LogP contribution in [0.1, 0.15) is 5.56 Å². The fourth-order valence-electron chi connectivity index (χ4n) is 1.55. The minimum atomic E-state index is -0.693. The van der Waals surface area contributed by atoms with E-state index in [1.165, 1.54) is 6.07 Å². The van der Waals surface area contributed by atoms with Crippen LogP contribution in [0.2, 0.25) is 5.02 Å². The highest BCUT2D eigenvalue weighted by molar-refractivity contribution is 9.10. The highest BCUT2D eigenvalue weighted by Gasteiger charge is 2.16. The van der Waals surface area contributed by atoms with Gasteiger partial charge >= 0.3 is 5.69 Å². The summed E-state index contributed by atoms with van der Waals surface area (Å²) < 4.78 is 19.2. The number of benzene rings is 2. The first-order valence-electron chi connectivity index (χ1n) is 5.48. The zero-order valence-corrected chi connectivity index (χ0v) is 12.3. The van der Waals surface area contributed by atoms with Gasteiger partial charge in [-0.3, -0.25) is 10.1 Å². The molecule has 20 heavy (non-hydrogen) atoms. The van der Waals surface area contributed by atoms with Crippen molar-refractivity contribution in [1.29, 1.82) is 0 Å². The number of hydrogen-bond acceptors (Lipinski definition) is 3. The molecular weight excluding hydrogens is 353 g/mol. The largest absolute Gasteiger partial charge is 0.482 e.